The second-order valence-electron chi connectivity index (χ2n) is 6.75. The molecule has 2 aromatic heterocycles. The molecule has 4 rings (SSSR count). The topological polar surface area (TPSA) is 79.9 Å². The summed E-state index contributed by atoms with van der Waals surface area (Å²) in [6.45, 7) is 1.88. The molecule has 1 amide bonds. The average Bonchev–Trinajstić information content (AvgIpc) is 3.28. The molecule has 1 fully saturated rings. The first kappa shape index (κ1) is 16.8. The molecule has 0 unspecified atom stereocenters. The Morgan fingerprint density at radius 1 is 1.35 bits per heavy atom. The Balaban J connectivity index is 1.49. The van der Waals surface area contributed by atoms with E-state index in [-0.39, 0.29) is 17.8 Å². The number of hydrogen-bond donors (Lipinski definition) is 2. The van der Waals surface area contributed by atoms with Crippen molar-refractivity contribution in [1.29, 1.82) is 0 Å². The molecule has 0 aliphatic carbocycles. The van der Waals surface area contributed by atoms with Gasteiger partial charge >= 0.3 is 0 Å². The number of nitrogens with two attached hydrogens (primary N) is 1. The summed E-state index contributed by atoms with van der Waals surface area (Å²) in [4.78, 5) is 16.9. The fourth-order valence-electron chi connectivity index (χ4n) is 3.68. The molecule has 0 spiro atoms. The van der Waals surface area contributed by atoms with Gasteiger partial charge in [0.25, 0.3) is 0 Å². The van der Waals surface area contributed by atoms with Gasteiger partial charge in [-0.15, -0.1) is 0 Å². The number of carbonyl (C=O) groups excluding carboxylic acids is 1. The van der Waals surface area contributed by atoms with E-state index in [9.17, 15) is 9.18 Å². The normalized spacial score (nSPS) is 15.7. The Kier molecular flexibility index (Phi) is 4.46. The van der Waals surface area contributed by atoms with Crippen LogP contribution in [-0.2, 0) is 4.79 Å². The third kappa shape index (κ3) is 3.10. The zero-order valence-electron chi connectivity index (χ0n) is 14.5. The van der Waals surface area contributed by atoms with Crippen LogP contribution in [0.1, 0.15) is 25.3 Å². The number of halogens is 1. The smallest absolute Gasteiger partial charge is 0.223 e. The fourth-order valence-corrected chi connectivity index (χ4v) is 3.68. The molecule has 6 nitrogen and oxygen atoms in total. The lowest BCUT2D eigenvalue weighted by molar-refractivity contribution is -0.132. The van der Waals surface area contributed by atoms with Gasteiger partial charge in [-0.1, -0.05) is 0 Å². The molecule has 1 saturated heterocycles. The van der Waals surface area contributed by atoms with Crippen molar-refractivity contribution in [1.82, 2.24) is 19.7 Å². The number of aromatic nitrogens is 3. The number of H-pyrrole nitrogens is 1. The van der Waals surface area contributed by atoms with Crippen LogP contribution in [0.15, 0.2) is 36.8 Å². The van der Waals surface area contributed by atoms with Gasteiger partial charge in [0.15, 0.2) is 0 Å². The number of carbonyl (C=O) groups is 1. The molecule has 0 atom stereocenters. The van der Waals surface area contributed by atoms with Crippen molar-refractivity contribution in [3.63, 3.8) is 0 Å². The molecule has 26 heavy (non-hydrogen) atoms. The largest absolute Gasteiger partial charge is 0.360 e. The summed E-state index contributed by atoms with van der Waals surface area (Å²) in [5, 5.41) is 5.51. The number of nitrogens with zero attached hydrogens (tertiary/aromatic N) is 3. The first-order chi connectivity index (χ1) is 12.7. The van der Waals surface area contributed by atoms with E-state index >= 15 is 0 Å². The summed E-state index contributed by atoms with van der Waals surface area (Å²) in [6.07, 6.45) is 7.95. The van der Waals surface area contributed by atoms with Crippen molar-refractivity contribution in [2.24, 2.45) is 5.73 Å². The summed E-state index contributed by atoms with van der Waals surface area (Å²) >= 11 is 0. The minimum atomic E-state index is -0.252. The lowest BCUT2D eigenvalue weighted by Crippen LogP contribution is -2.39. The quantitative estimate of drug-likeness (QED) is 0.755. The number of amides is 1. The summed E-state index contributed by atoms with van der Waals surface area (Å²) in [6, 6.07) is 5.04. The van der Waals surface area contributed by atoms with E-state index in [4.69, 9.17) is 5.73 Å². The van der Waals surface area contributed by atoms with Crippen molar-refractivity contribution in [3.8, 4) is 11.1 Å². The standard InChI is InChI=1S/C19H22FN5O/c20-14-1-2-16-17(11-22-18(16)9-14)13-10-23-25(12-13)15-4-7-24(8-5-15)19(26)3-6-21/h1-2,9-12,15,22H,3-8,21H2. The molecule has 3 heterocycles. The van der Waals surface area contributed by atoms with E-state index in [1.807, 2.05) is 28.2 Å². The number of likely N-dealkylation sites (tertiary alicyclic amines) is 1. The molecule has 7 heteroatoms. The van der Waals surface area contributed by atoms with Crippen molar-refractivity contribution in [2.45, 2.75) is 25.3 Å². The SMILES string of the molecule is NCCC(=O)N1CCC(n2cc(-c3c[nH]c4cc(F)ccc34)cn2)CC1. The number of fused-ring (bicyclic) bond motifs is 1. The maximum Gasteiger partial charge on any atom is 0.223 e. The first-order valence-corrected chi connectivity index (χ1v) is 8.94. The van der Waals surface area contributed by atoms with Crippen LogP contribution in [0, 0.1) is 5.82 Å². The summed E-state index contributed by atoms with van der Waals surface area (Å²) < 4.78 is 15.3. The van der Waals surface area contributed by atoms with Crippen LogP contribution in [0.4, 0.5) is 4.39 Å². The minimum absolute atomic E-state index is 0.137. The number of hydrogen-bond acceptors (Lipinski definition) is 3. The van der Waals surface area contributed by atoms with E-state index in [0.717, 1.165) is 48.0 Å². The number of piperidine rings is 1. The lowest BCUT2D eigenvalue weighted by Gasteiger charge is -2.32. The highest BCUT2D eigenvalue weighted by Crippen LogP contribution is 2.30. The van der Waals surface area contributed by atoms with Gasteiger partial charge in [-0.2, -0.15) is 5.10 Å². The Hall–Kier alpha value is -2.67. The molecule has 0 bridgehead atoms. The van der Waals surface area contributed by atoms with Crippen LogP contribution >= 0.6 is 0 Å². The maximum atomic E-state index is 13.4. The third-order valence-electron chi connectivity index (χ3n) is 5.11. The second kappa shape index (κ2) is 6.92. The van der Waals surface area contributed by atoms with Crippen molar-refractivity contribution >= 4 is 16.8 Å². The molecule has 3 N–H and O–H groups in total. The van der Waals surface area contributed by atoms with Crippen molar-refractivity contribution < 1.29 is 9.18 Å². The second-order valence-corrected chi connectivity index (χ2v) is 6.75. The molecule has 3 aromatic rings. The van der Waals surface area contributed by atoms with Gasteiger partial charge in [-0.05, 0) is 31.0 Å². The highest BCUT2D eigenvalue weighted by molar-refractivity contribution is 5.95. The Morgan fingerprint density at radius 2 is 2.15 bits per heavy atom. The van der Waals surface area contributed by atoms with Crippen LogP contribution < -0.4 is 5.73 Å². The van der Waals surface area contributed by atoms with Gasteiger partial charge in [0, 0.05) is 60.5 Å². The molecule has 0 saturated carbocycles. The predicted octanol–water partition coefficient (Wildman–Crippen LogP) is 2.68. The number of nitrogens with one attached hydrogen (secondary N) is 1. The highest BCUT2D eigenvalue weighted by atomic mass is 19.1. The van der Waals surface area contributed by atoms with Gasteiger partial charge in [-0.3, -0.25) is 9.48 Å². The van der Waals surface area contributed by atoms with Crippen LogP contribution in [0.5, 0.6) is 0 Å². The molecular formula is C19H22FN5O. The fraction of sp³-hybridized carbons (Fsp3) is 0.368. The van der Waals surface area contributed by atoms with E-state index in [0.29, 0.717) is 13.0 Å². The zero-order chi connectivity index (χ0) is 18.1. The molecule has 1 aromatic carbocycles. The van der Waals surface area contributed by atoms with E-state index in [1.54, 1.807) is 6.07 Å². The first-order valence-electron chi connectivity index (χ1n) is 8.94. The lowest BCUT2D eigenvalue weighted by atomic mass is 10.0. The van der Waals surface area contributed by atoms with Crippen LogP contribution in [0.25, 0.3) is 22.0 Å². The maximum absolute atomic E-state index is 13.4. The van der Waals surface area contributed by atoms with Crippen LogP contribution in [-0.4, -0.2) is 45.2 Å². The van der Waals surface area contributed by atoms with Gasteiger partial charge < -0.3 is 15.6 Å². The summed E-state index contributed by atoms with van der Waals surface area (Å²) in [7, 11) is 0. The highest BCUT2D eigenvalue weighted by Gasteiger charge is 2.24. The number of rotatable bonds is 4. The summed E-state index contributed by atoms with van der Waals surface area (Å²) in [5.74, 6) is -0.115. The van der Waals surface area contributed by atoms with E-state index in [2.05, 4.69) is 10.1 Å². The summed E-state index contributed by atoms with van der Waals surface area (Å²) in [5.41, 5.74) is 8.26. The third-order valence-corrected chi connectivity index (χ3v) is 5.11. The van der Waals surface area contributed by atoms with Gasteiger partial charge in [0.05, 0.1) is 12.2 Å². The van der Waals surface area contributed by atoms with Crippen LogP contribution in [0.3, 0.4) is 0 Å². The van der Waals surface area contributed by atoms with Crippen molar-refractivity contribution in [2.75, 3.05) is 19.6 Å². The minimum Gasteiger partial charge on any atom is -0.360 e. The Labute approximate surface area is 150 Å². The van der Waals surface area contributed by atoms with Gasteiger partial charge in [-0.25, -0.2) is 4.39 Å². The molecule has 0 radical (unpaired) electrons. The molecule has 1 aliphatic rings. The predicted molar refractivity (Wildman–Crippen MR) is 98.0 cm³/mol. The monoisotopic (exact) mass is 355 g/mol. The Bertz CT molecular complexity index is 923. The number of benzene rings is 1. The average molecular weight is 355 g/mol. The van der Waals surface area contributed by atoms with Gasteiger partial charge in [0.1, 0.15) is 5.82 Å². The van der Waals surface area contributed by atoms with E-state index < -0.39 is 0 Å². The van der Waals surface area contributed by atoms with Crippen molar-refractivity contribution in [3.05, 3.63) is 42.6 Å². The zero-order valence-corrected chi connectivity index (χ0v) is 14.5. The van der Waals surface area contributed by atoms with Gasteiger partial charge in [0.2, 0.25) is 5.91 Å². The molecular weight excluding hydrogens is 333 g/mol. The number of aromatic amines is 1. The van der Waals surface area contributed by atoms with Crippen LogP contribution in [0.2, 0.25) is 0 Å². The Morgan fingerprint density at radius 3 is 2.92 bits per heavy atom. The molecule has 136 valence electrons. The molecule has 1 aliphatic heterocycles. The van der Waals surface area contributed by atoms with E-state index in [1.165, 1.54) is 12.1 Å².